The number of hydrogen-bond acceptors (Lipinski definition) is 9. The van der Waals surface area contributed by atoms with Gasteiger partial charge in [-0.3, -0.25) is 14.5 Å². The SMILES string of the molecule is Cc1c(O)c(=CNCCN(C(C)O)C(C)O)c2nc3c(=O)ccc(C(=O)O)c3[nH]c2c1=O. The lowest BCUT2D eigenvalue weighted by Gasteiger charge is -2.27. The molecule has 0 aliphatic carbocycles. The number of nitrogens with one attached hydrogen (secondary N) is 2. The van der Waals surface area contributed by atoms with Gasteiger partial charge in [-0.05, 0) is 32.9 Å². The third-order valence-electron chi connectivity index (χ3n) is 5.24. The molecule has 2 atom stereocenters. The Morgan fingerprint density at radius 1 is 1.19 bits per heavy atom. The number of hydrogen-bond donors (Lipinski definition) is 6. The van der Waals surface area contributed by atoms with E-state index in [0.29, 0.717) is 0 Å². The fraction of sp³-hybridized carbons (Fsp3) is 0.333. The molecule has 0 spiro atoms. The summed E-state index contributed by atoms with van der Waals surface area (Å²) in [7, 11) is 0. The van der Waals surface area contributed by atoms with Gasteiger partial charge in [-0.25, -0.2) is 9.78 Å². The number of fused-ring (bicyclic) bond motifs is 2. The number of carbonyl (C=O) groups is 1. The quantitative estimate of drug-likeness (QED) is 0.153. The highest BCUT2D eigenvalue weighted by Crippen LogP contribution is 2.17. The highest BCUT2D eigenvalue weighted by molar-refractivity contribution is 6.02. The predicted molar refractivity (Wildman–Crippen MR) is 117 cm³/mol. The number of aromatic nitrogens is 2. The number of carboxylic acid groups (broad SMARTS) is 1. The molecule has 32 heavy (non-hydrogen) atoms. The summed E-state index contributed by atoms with van der Waals surface area (Å²) in [5.41, 5.74) is -1.62. The maximum Gasteiger partial charge on any atom is 0.337 e. The second-order valence-corrected chi connectivity index (χ2v) is 7.42. The Balaban J connectivity index is 2.18. The number of rotatable bonds is 7. The van der Waals surface area contributed by atoms with Crippen molar-refractivity contribution >= 4 is 34.2 Å². The summed E-state index contributed by atoms with van der Waals surface area (Å²) in [6, 6.07) is 2.21. The van der Waals surface area contributed by atoms with Crippen LogP contribution in [0, 0.1) is 6.92 Å². The molecule has 1 aromatic heterocycles. The van der Waals surface area contributed by atoms with Crippen LogP contribution < -0.4 is 21.4 Å². The van der Waals surface area contributed by atoms with Crippen molar-refractivity contribution in [2.24, 2.45) is 0 Å². The van der Waals surface area contributed by atoms with E-state index in [-0.39, 0.29) is 57.3 Å². The molecule has 0 bridgehead atoms. The Morgan fingerprint density at radius 3 is 2.44 bits per heavy atom. The van der Waals surface area contributed by atoms with Crippen LogP contribution in [0.3, 0.4) is 0 Å². The van der Waals surface area contributed by atoms with E-state index in [1.807, 2.05) is 0 Å². The van der Waals surface area contributed by atoms with Crippen LogP contribution in [-0.2, 0) is 0 Å². The van der Waals surface area contributed by atoms with Gasteiger partial charge >= 0.3 is 5.97 Å². The van der Waals surface area contributed by atoms with E-state index in [2.05, 4.69) is 15.3 Å². The molecule has 3 rings (SSSR count). The summed E-state index contributed by atoms with van der Waals surface area (Å²) in [4.78, 5) is 44.9. The minimum absolute atomic E-state index is 0.000599. The number of aromatic hydroxyl groups is 1. The Morgan fingerprint density at radius 2 is 1.84 bits per heavy atom. The number of phenols is 1. The molecule has 0 radical (unpaired) electrons. The van der Waals surface area contributed by atoms with Crippen molar-refractivity contribution in [1.82, 2.24) is 20.2 Å². The lowest BCUT2D eigenvalue weighted by atomic mass is 10.1. The third-order valence-corrected chi connectivity index (χ3v) is 5.24. The van der Waals surface area contributed by atoms with E-state index in [1.165, 1.54) is 31.9 Å². The molecule has 0 aliphatic rings. The van der Waals surface area contributed by atoms with Gasteiger partial charge in [0.2, 0.25) is 10.9 Å². The summed E-state index contributed by atoms with van der Waals surface area (Å²) < 4.78 is 0. The molecule has 1 heterocycles. The Hall–Kier alpha value is -3.54. The molecule has 3 aromatic rings. The van der Waals surface area contributed by atoms with E-state index in [4.69, 9.17) is 0 Å². The van der Waals surface area contributed by atoms with Crippen molar-refractivity contribution < 1.29 is 25.2 Å². The molecule has 0 saturated carbocycles. The Labute approximate surface area is 181 Å². The average Bonchev–Trinajstić information content (AvgIpc) is 2.72. The second-order valence-electron chi connectivity index (χ2n) is 7.42. The zero-order valence-electron chi connectivity index (χ0n) is 17.7. The average molecular weight is 444 g/mol. The fourth-order valence-corrected chi connectivity index (χ4v) is 3.50. The topological polar surface area (TPSA) is 176 Å². The summed E-state index contributed by atoms with van der Waals surface area (Å²) in [5, 5.41) is 42.5. The number of aromatic carboxylic acids is 1. The minimum Gasteiger partial charge on any atom is -0.507 e. The van der Waals surface area contributed by atoms with Gasteiger partial charge in [-0.1, -0.05) is 0 Å². The molecule has 0 saturated heterocycles. The molecular weight excluding hydrogens is 420 g/mol. The number of phenolic OH excluding ortho intramolecular Hbond substituents is 1. The molecule has 11 heteroatoms. The maximum absolute atomic E-state index is 12.7. The van der Waals surface area contributed by atoms with Gasteiger partial charge < -0.3 is 30.7 Å². The van der Waals surface area contributed by atoms with Crippen LogP contribution in [0.25, 0.3) is 28.3 Å². The van der Waals surface area contributed by atoms with Crippen LogP contribution in [0.4, 0.5) is 0 Å². The van der Waals surface area contributed by atoms with E-state index in [0.717, 1.165) is 12.1 Å². The van der Waals surface area contributed by atoms with Crippen LogP contribution >= 0.6 is 0 Å². The molecule has 2 aromatic carbocycles. The third kappa shape index (κ3) is 4.13. The zero-order valence-corrected chi connectivity index (χ0v) is 17.7. The summed E-state index contributed by atoms with van der Waals surface area (Å²) in [5.74, 6) is -1.62. The summed E-state index contributed by atoms with van der Waals surface area (Å²) in [6.07, 6.45) is -0.353. The number of aromatic amines is 1. The van der Waals surface area contributed by atoms with Crippen molar-refractivity contribution in [1.29, 1.82) is 0 Å². The largest absolute Gasteiger partial charge is 0.507 e. The molecule has 170 valence electrons. The minimum atomic E-state index is -1.29. The summed E-state index contributed by atoms with van der Waals surface area (Å²) in [6.45, 7) is 4.98. The van der Waals surface area contributed by atoms with Crippen LogP contribution in [-0.4, -0.2) is 66.8 Å². The molecule has 2 unspecified atom stereocenters. The van der Waals surface area contributed by atoms with E-state index < -0.39 is 29.3 Å². The van der Waals surface area contributed by atoms with Gasteiger partial charge in [0.15, 0.2) is 0 Å². The first-order valence-electron chi connectivity index (χ1n) is 9.85. The number of aliphatic hydroxyl groups is 2. The molecule has 0 amide bonds. The first-order valence-corrected chi connectivity index (χ1v) is 9.85. The first kappa shape index (κ1) is 23.1. The standard InChI is InChI=1S/C21H24N4O7/c1-9-19(29)13(8-22-6-7-25(10(2)26)11(3)27)16-18(20(9)30)24-15-12(21(31)32)4-5-14(28)17(15)23-16/h4-5,8,10-11,22,24,26-27,29H,6-7H2,1-3H3,(H,31,32). The van der Waals surface area contributed by atoms with E-state index >= 15 is 0 Å². The molecule has 6 N–H and O–H groups in total. The van der Waals surface area contributed by atoms with Gasteiger partial charge in [0.05, 0.1) is 16.3 Å². The predicted octanol–water partition coefficient (Wildman–Crippen LogP) is -0.826. The van der Waals surface area contributed by atoms with Gasteiger partial charge in [0, 0.05) is 24.9 Å². The number of carboxylic acids is 1. The van der Waals surface area contributed by atoms with Crippen LogP contribution in [0.1, 0.15) is 29.8 Å². The highest BCUT2D eigenvalue weighted by atomic mass is 16.4. The van der Waals surface area contributed by atoms with Crippen molar-refractivity contribution in [2.75, 3.05) is 13.1 Å². The fourth-order valence-electron chi connectivity index (χ4n) is 3.50. The smallest absolute Gasteiger partial charge is 0.337 e. The highest BCUT2D eigenvalue weighted by Gasteiger charge is 2.18. The van der Waals surface area contributed by atoms with Crippen molar-refractivity contribution in [3.63, 3.8) is 0 Å². The number of aliphatic hydroxyl groups excluding tert-OH is 2. The van der Waals surface area contributed by atoms with Gasteiger partial charge in [-0.2, -0.15) is 0 Å². The number of benzene rings is 2. The van der Waals surface area contributed by atoms with Crippen LogP contribution in [0.5, 0.6) is 5.75 Å². The second kappa shape index (κ2) is 8.91. The van der Waals surface area contributed by atoms with Crippen molar-refractivity contribution in [3.05, 3.63) is 48.9 Å². The van der Waals surface area contributed by atoms with Gasteiger partial charge in [0.25, 0.3) is 0 Å². The lowest BCUT2D eigenvalue weighted by molar-refractivity contribution is -0.0824. The van der Waals surface area contributed by atoms with Gasteiger partial charge in [0.1, 0.15) is 34.8 Å². The van der Waals surface area contributed by atoms with Crippen LogP contribution in [0.15, 0.2) is 21.7 Å². The van der Waals surface area contributed by atoms with Crippen LogP contribution in [0.2, 0.25) is 0 Å². The zero-order chi connectivity index (χ0) is 23.7. The van der Waals surface area contributed by atoms with Crippen molar-refractivity contribution in [2.45, 2.75) is 33.2 Å². The maximum atomic E-state index is 12.7. The lowest BCUT2D eigenvalue weighted by Crippen LogP contribution is -2.43. The van der Waals surface area contributed by atoms with E-state index in [1.54, 1.807) is 0 Å². The van der Waals surface area contributed by atoms with Crippen molar-refractivity contribution in [3.8, 4) is 5.75 Å². The Kier molecular flexibility index (Phi) is 6.44. The summed E-state index contributed by atoms with van der Waals surface area (Å²) >= 11 is 0. The van der Waals surface area contributed by atoms with Gasteiger partial charge in [-0.15, -0.1) is 0 Å². The van der Waals surface area contributed by atoms with E-state index in [9.17, 15) is 34.8 Å². The number of nitrogens with zero attached hydrogens (tertiary/aromatic N) is 2. The molecule has 0 fully saturated rings. The first-order chi connectivity index (χ1) is 15.0. The molecule has 11 nitrogen and oxygen atoms in total. The number of H-pyrrole nitrogens is 1. The molecular formula is C21H24N4O7. The molecule has 0 aliphatic heterocycles. The monoisotopic (exact) mass is 444 g/mol. The Bertz CT molecular complexity index is 1360. The normalized spacial score (nSPS) is 14.2.